The summed E-state index contributed by atoms with van der Waals surface area (Å²) in [7, 11) is 1.55. The quantitative estimate of drug-likeness (QED) is 0.855. The molecule has 1 heterocycles. The first-order chi connectivity index (χ1) is 9.69. The van der Waals surface area contributed by atoms with Crippen molar-refractivity contribution in [2.75, 3.05) is 17.7 Å². The highest BCUT2D eigenvalue weighted by atomic mass is 32.1. The van der Waals surface area contributed by atoms with Gasteiger partial charge in [0, 0.05) is 23.1 Å². The molecule has 1 aromatic heterocycles. The van der Waals surface area contributed by atoms with E-state index in [0.29, 0.717) is 23.2 Å². The fourth-order valence-corrected chi connectivity index (χ4v) is 3.03. The normalized spacial score (nSPS) is 14.3. The summed E-state index contributed by atoms with van der Waals surface area (Å²) in [5.74, 6) is 0.241. The first-order valence-corrected chi connectivity index (χ1v) is 7.49. The molecule has 2 aromatic rings. The zero-order valence-electron chi connectivity index (χ0n) is 11.3. The van der Waals surface area contributed by atoms with E-state index in [2.05, 4.69) is 11.0 Å². The number of methoxy groups -OCH3 is 1. The lowest BCUT2D eigenvalue weighted by atomic mass is 10.2. The smallest absolute Gasteiger partial charge is 0.148 e. The summed E-state index contributed by atoms with van der Waals surface area (Å²) < 4.78 is 19.5. The molecule has 0 atom stereocenters. The molecular weight excluding hydrogens is 275 g/mol. The van der Waals surface area contributed by atoms with Gasteiger partial charge in [-0.2, -0.15) is 0 Å². The lowest BCUT2D eigenvalue weighted by Gasteiger charge is -2.25. The molecule has 1 aliphatic carbocycles. The Hall–Kier alpha value is -1.75. The molecule has 0 aliphatic heterocycles. The van der Waals surface area contributed by atoms with E-state index in [0.717, 1.165) is 19.4 Å². The number of halogens is 1. The van der Waals surface area contributed by atoms with E-state index in [4.69, 9.17) is 10.5 Å². The fraction of sp³-hybridized carbons (Fsp3) is 0.333. The minimum atomic E-state index is -0.285. The second-order valence-corrected chi connectivity index (χ2v) is 6.02. The Balaban J connectivity index is 1.94. The molecule has 0 spiro atoms. The number of nitrogens with zero attached hydrogens (tertiary/aromatic N) is 1. The van der Waals surface area contributed by atoms with E-state index in [-0.39, 0.29) is 5.82 Å². The van der Waals surface area contributed by atoms with Gasteiger partial charge in [-0.1, -0.05) is 6.07 Å². The predicted octanol–water partition coefficient (Wildman–Crippen LogP) is 3.65. The van der Waals surface area contributed by atoms with E-state index < -0.39 is 0 Å². The highest BCUT2D eigenvalue weighted by Gasteiger charge is 2.31. The predicted molar refractivity (Wildman–Crippen MR) is 80.9 cm³/mol. The number of ether oxygens (including phenoxy) is 1. The molecule has 1 aliphatic rings. The molecular formula is C15H17FN2OS. The van der Waals surface area contributed by atoms with E-state index in [1.165, 1.54) is 10.9 Å². The van der Waals surface area contributed by atoms with Gasteiger partial charge in [-0.25, -0.2) is 4.39 Å². The van der Waals surface area contributed by atoms with Gasteiger partial charge in [-0.15, -0.1) is 11.3 Å². The van der Waals surface area contributed by atoms with Crippen LogP contribution in [0.2, 0.25) is 0 Å². The largest absolute Gasteiger partial charge is 0.495 e. The molecule has 0 amide bonds. The Kier molecular flexibility index (Phi) is 3.53. The summed E-state index contributed by atoms with van der Waals surface area (Å²) in [6.07, 6.45) is 2.22. The van der Waals surface area contributed by atoms with Gasteiger partial charge < -0.3 is 15.4 Å². The van der Waals surface area contributed by atoms with Gasteiger partial charge in [0.1, 0.15) is 11.6 Å². The summed E-state index contributed by atoms with van der Waals surface area (Å²) in [6.45, 7) is 0.728. The van der Waals surface area contributed by atoms with Crippen LogP contribution in [0.3, 0.4) is 0 Å². The minimum absolute atomic E-state index is 0.285. The van der Waals surface area contributed by atoms with Gasteiger partial charge in [0.25, 0.3) is 0 Å². The Bertz CT molecular complexity index is 596. The van der Waals surface area contributed by atoms with Gasteiger partial charge >= 0.3 is 0 Å². The van der Waals surface area contributed by atoms with Crippen LogP contribution >= 0.6 is 11.3 Å². The molecule has 2 N–H and O–H groups in total. The zero-order valence-corrected chi connectivity index (χ0v) is 12.1. The van der Waals surface area contributed by atoms with Gasteiger partial charge in [0.05, 0.1) is 25.0 Å². The number of anilines is 2. The molecule has 3 rings (SSSR count). The molecule has 1 fully saturated rings. The third-order valence-corrected chi connectivity index (χ3v) is 4.36. The number of hydrogen-bond acceptors (Lipinski definition) is 4. The first kappa shape index (κ1) is 13.2. The maximum Gasteiger partial charge on any atom is 0.148 e. The number of rotatable bonds is 5. The lowest BCUT2D eigenvalue weighted by Crippen LogP contribution is -2.25. The van der Waals surface area contributed by atoms with Crippen LogP contribution in [0.25, 0.3) is 0 Å². The van der Waals surface area contributed by atoms with Crippen molar-refractivity contribution in [1.29, 1.82) is 0 Å². The van der Waals surface area contributed by atoms with Crippen molar-refractivity contribution >= 4 is 22.7 Å². The third kappa shape index (κ3) is 2.58. The van der Waals surface area contributed by atoms with Crippen molar-refractivity contribution in [3.63, 3.8) is 0 Å². The summed E-state index contributed by atoms with van der Waals surface area (Å²) in [5.41, 5.74) is 6.66. The molecule has 0 saturated heterocycles. The average Bonchev–Trinajstić information content (AvgIpc) is 3.14. The molecule has 1 saturated carbocycles. The van der Waals surface area contributed by atoms with Crippen molar-refractivity contribution in [2.45, 2.75) is 25.4 Å². The van der Waals surface area contributed by atoms with E-state index in [9.17, 15) is 4.39 Å². The van der Waals surface area contributed by atoms with Crippen LogP contribution in [0, 0.1) is 5.82 Å². The van der Waals surface area contributed by atoms with Crippen molar-refractivity contribution in [3.05, 3.63) is 40.3 Å². The van der Waals surface area contributed by atoms with Crippen LogP contribution in [0.5, 0.6) is 5.75 Å². The first-order valence-electron chi connectivity index (χ1n) is 6.61. The Labute approximate surface area is 121 Å². The maximum absolute atomic E-state index is 14.3. The van der Waals surface area contributed by atoms with E-state index in [1.807, 2.05) is 11.4 Å². The summed E-state index contributed by atoms with van der Waals surface area (Å²) in [5, 5.41) is 2.04. The summed E-state index contributed by atoms with van der Waals surface area (Å²) in [4.78, 5) is 3.34. The van der Waals surface area contributed by atoms with E-state index in [1.54, 1.807) is 24.5 Å². The molecule has 20 heavy (non-hydrogen) atoms. The highest BCUT2D eigenvalue weighted by molar-refractivity contribution is 7.09. The minimum Gasteiger partial charge on any atom is -0.495 e. The summed E-state index contributed by atoms with van der Waals surface area (Å²) >= 11 is 1.69. The van der Waals surface area contributed by atoms with Crippen molar-refractivity contribution in [2.24, 2.45) is 0 Å². The molecule has 0 radical (unpaired) electrons. The number of thiophene rings is 1. The van der Waals surface area contributed by atoms with Gasteiger partial charge in [0.15, 0.2) is 0 Å². The maximum atomic E-state index is 14.3. The molecule has 1 aromatic carbocycles. The van der Waals surface area contributed by atoms with Crippen molar-refractivity contribution in [3.8, 4) is 5.75 Å². The molecule has 0 unspecified atom stereocenters. The number of nitrogen functional groups attached to an aromatic ring is 1. The fourth-order valence-electron chi connectivity index (χ4n) is 2.32. The van der Waals surface area contributed by atoms with Crippen LogP contribution in [0.1, 0.15) is 17.7 Å². The SMILES string of the molecule is COc1cc(N(Cc2cccs2)C2CC2)c(F)cc1N. The Morgan fingerprint density at radius 2 is 2.25 bits per heavy atom. The van der Waals surface area contributed by atoms with Crippen LogP contribution < -0.4 is 15.4 Å². The third-order valence-electron chi connectivity index (χ3n) is 3.50. The molecule has 106 valence electrons. The van der Waals surface area contributed by atoms with Crippen molar-refractivity contribution in [1.82, 2.24) is 0 Å². The Morgan fingerprint density at radius 1 is 1.45 bits per heavy atom. The second-order valence-electron chi connectivity index (χ2n) is 4.98. The second kappa shape index (κ2) is 5.32. The standard InChI is InChI=1S/C15H17FN2OS/c1-19-15-8-14(12(16)7-13(15)17)18(10-4-5-10)9-11-3-2-6-20-11/h2-3,6-8,10H,4-5,9,17H2,1H3. The van der Waals surface area contributed by atoms with Gasteiger partial charge in [-0.05, 0) is 24.3 Å². The number of benzene rings is 1. The van der Waals surface area contributed by atoms with Gasteiger partial charge in [-0.3, -0.25) is 0 Å². The molecule has 5 heteroatoms. The van der Waals surface area contributed by atoms with E-state index >= 15 is 0 Å². The topological polar surface area (TPSA) is 38.5 Å². The number of nitrogens with two attached hydrogens (primary N) is 1. The monoisotopic (exact) mass is 292 g/mol. The Morgan fingerprint density at radius 3 is 2.85 bits per heavy atom. The van der Waals surface area contributed by atoms with Crippen LogP contribution in [-0.4, -0.2) is 13.2 Å². The highest BCUT2D eigenvalue weighted by Crippen LogP contribution is 2.38. The molecule has 3 nitrogen and oxygen atoms in total. The summed E-state index contributed by atoms with van der Waals surface area (Å²) in [6, 6.07) is 7.56. The van der Waals surface area contributed by atoms with Crippen LogP contribution in [0.4, 0.5) is 15.8 Å². The zero-order chi connectivity index (χ0) is 14.1. The van der Waals surface area contributed by atoms with Crippen LogP contribution in [0.15, 0.2) is 29.6 Å². The number of hydrogen-bond donors (Lipinski definition) is 1. The molecule has 0 bridgehead atoms. The van der Waals surface area contributed by atoms with Crippen LogP contribution in [-0.2, 0) is 6.54 Å². The average molecular weight is 292 g/mol. The lowest BCUT2D eigenvalue weighted by molar-refractivity contribution is 0.416. The van der Waals surface area contributed by atoms with Crippen molar-refractivity contribution < 1.29 is 9.13 Å². The van der Waals surface area contributed by atoms with Gasteiger partial charge in [0.2, 0.25) is 0 Å².